The minimum absolute atomic E-state index is 0.377. The van der Waals surface area contributed by atoms with Crippen LogP contribution in [0.5, 0.6) is 0 Å². The van der Waals surface area contributed by atoms with E-state index in [1.807, 2.05) is 72.8 Å². The Kier molecular flexibility index (Phi) is 6.90. The Balaban J connectivity index is 1.51. The number of thioether (sulfide) groups is 1. The van der Waals surface area contributed by atoms with Crippen molar-refractivity contribution in [3.8, 4) is 0 Å². The van der Waals surface area contributed by atoms with Gasteiger partial charge in [-0.2, -0.15) is 0 Å². The van der Waals surface area contributed by atoms with Crippen molar-refractivity contribution >= 4 is 52.1 Å². The molecule has 0 aliphatic heterocycles. The zero-order valence-electron chi connectivity index (χ0n) is 16.0. The lowest BCUT2D eigenvalue weighted by Crippen LogP contribution is -1.94. The minimum atomic E-state index is 0.377. The molecule has 4 rings (SSSR count). The normalized spacial score (nSPS) is 11.3. The van der Waals surface area contributed by atoms with Crippen LogP contribution in [-0.4, -0.2) is 11.2 Å². The van der Waals surface area contributed by atoms with Gasteiger partial charge in [0.15, 0.2) is 0 Å². The molecule has 0 unspecified atom stereocenters. The van der Waals surface area contributed by atoms with Gasteiger partial charge in [-0.1, -0.05) is 70.8 Å². The highest BCUT2D eigenvalue weighted by molar-refractivity contribution is 7.98. The maximum absolute atomic E-state index is 5.99. The van der Waals surface area contributed by atoms with Crippen LogP contribution < -0.4 is 0 Å². The molecular weight excluding hydrogens is 435 g/mol. The van der Waals surface area contributed by atoms with Gasteiger partial charge in [-0.05, 0) is 47.5 Å². The molecule has 0 fully saturated rings. The lowest BCUT2D eigenvalue weighted by molar-refractivity contribution is 0.132. The topological polar surface area (TPSA) is 34.5 Å². The van der Waals surface area contributed by atoms with Crippen molar-refractivity contribution in [2.75, 3.05) is 0 Å². The van der Waals surface area contributed by atoms with Gasteiger partial charge in [0.2, 0.25) is 0 Å². The largest absolute Gasteiger partial charge is 0.391 e. The number of oxime groups is 1. The van der Waals surface area contributed by atoms with E-state index in [0.29, 0.717) is 11.6 Å². The van der Waals surface area contributed by atoms with Crippen LogP contribution in [0.1, 0.15) is 16.7 Å². The number of pyridine rings is 1. The van der Waals surface area contributed by atoms with Gasteiger partial charge >= 0.3 is 0 Å². The van der Waals surface area contributed by atoms with Crippen molar-refractivity contribution in [3.05, 3.63) is 106 Å². The predicted octanol–water partition coefficient (Wildman–Crippen LogP) is 7.38. The van der Waals surface area contributed by atoms with E-state index < -0.39 is 0 Å². The van der Waals surface area contributed by atoms with E-state index in [4.69, 9.17) is 33.0 Å². The van der Waals surface area contributed by atoms with Crippen molar-refractivity contribution in [1.29, 1.82) is 0 Å². The second-order valence-corrected chi connectivity index (χ2v) is 8.46. The molecule has 0 atom stereocenters. The molecular formula is C24H18Cl2N2OS. The Morgan fingerprint density at radius 2 is 1.53 bits per heavy atom. The first-order valence-electron chi connectivity index (χ1n) is 9.34. The number of aromatic nitrogens is 1. The number of hydrogen-bond acceptors (Lipinski definition) is 4. The standard InChI is InChI=1S/C24H18Cl2N2OS/c25-21-9-5-17(6-10-21)15-29-27-14-20-13-19-3-1-2-4-23(19)28-24(20)30-16-18-7-11-22(26)12-8-18/h1-14H,15-16H2. The van der Waals surface area contributed by atoms with Crippen LogP contribution in [0.3, 0.4) is 0 Å². The number of nitrogens with zero attached hydrogens (tertiary/aromatic N) is 2. The molecule has 0 amide bonds. The zero-order valence-corrected chi connectivity index (χ0v) is 18.3. The fourth-order valence-electron chi connectivity index (χ4n) is 2.84. The molecule has 150 valence electrons. The molecule has 3 nitrogen and oxygen atoms in total. The second kappa shape index (κ2) is 9.98. The van der Waals surface area contributed by atoms with Crippen LogP contribution in [0.25, 0.3) is 10.9 Å². The molecule has 0 saturated carbocycles. The number of para-hydroxylation sites is 1. The van der Waals surface area contributed by atoms with Crippen molar-refractivity contribution in [2.45, 2.75) is 17.4 Å². The van der Waals surface area contributed by atoms with E-state index in [-0.39, 0.29) is 0 Å². The summed E-state index contributed by atoms with van der Waals surface area (Å²) >= 11 is 13.6. The number of hydrogen-bond donors (Lipinski definition) is 0. The van der Waals surface area contributed by atoms with Gasteiger partial charge in [0.1, 0.15) is 11.6 Å². The molecule has 0 aliphatic rings. The number of halogens is 2. The Hall–Kier alpha value is -2.53. The molecule has 0 N–H and O–H groups in total. The zero-order chi connectivity index (χ0) is 20.8. The lowest BCUT2D eigenvalue weighted by Gasteiger charge is -2.08. The van der Waals surface area contributed by atoms with Gasteiger partial charge in [0, 0.05) is 26.7 Å². The molecule has 3 aromatic carbocycles. The molecule has 0 spiro atoms. The first-order chi connectivity index (χ1) is 14.7. The molecule has 0 bridgehead atoms. The lowest BCUT2D eigenvalue weighted by atomic mass is 10.2. The SMILES string of the molecule is Clc1ccc(CON=Cc2cc3ccccc3nc2SCc2ccc(Cl)cc2)cc1. The first kappa shape index (κ1) is 20.7. The smallest absolute Gasteiger partial charge is 0.142 e. The van der Waals surface area contributed by atoms with E-state index in [9.17, 15) is 0 Å². The number of benzene rings is 3. The van der Waals surface area contributed by atoms with E-state index in [2.05, 4.69) is 11.2 Å². The summed E-state index contributed by atoms with van der Waals surface area (Å²) in [6, 6.07) is 25.5. The van der Waals surface area contributed by atoms with E-state index in [1.54, 1.807) is 18.0 Å². The summed E-state index contributed by atoms with van der Waals surface area (Å²) in [5, 5.41) is 7.57. The summed E-state index contributed by atoms with van der Waals surface area (Å²) in [7, 11) is 0. The Bertz CT molecular complexity index is 1160. The number of fused-ring (bicyclic) bond motifs is 1. The Morgan fingerprint density at radius 1 is 0.867 bits per heavy atom. The van der Waals surface area contributed by atoms with E-state index >= 15 is 0 Å². The third-order valence-electron chi connectivity index (χ3n) is 4.42. The van der Waals surface area contributed by atoms with Gasteiger partial charge in [0.05, 0.1) is 11.7 Å². The number of rotatable bonds is 7. The minimum Gasteiger partial charge on any atom is -0.391 e. The summed E-state index contributed by atoms with van der Waals surface area (Å²) < 4.78 is 0. The Labute approximate surface area is 189 Å². The Morgan fingerprint density at radius 3 is 2.27 bits per heavy atom. The van der Waals surface area contributed by atoms with Crippen LogP contribution in [0.15, 0.2) is 89.0 Å². The molecule has 0 saturated heterocycles. The monoisotopic (exact) mass is 452 g/mol. The summed E-state index contributed by atoms with van der Waals surface area (Å²) in [5.74, 6) is 0.787. The highest BCUT2D eigenvalue weighted by Crippen LogP contribution is 2.27. The quantitative estimate of drug-likeness (QED) is 0.166. The molecule has 0 aliphatic carbocycles. The van der Waals surface area contributed by atoms with Gasteiger partial charge in [0.25, 0.3) is 0 Å². The summed E-state index contributed by atoms with van der Waals surface area (Å²) in [6.45, 7) is 0.377. The highest BCUT2D eigenvalue weighted by Gasteiger charge is 2.07. The third-order valence-corrected chi connectivity index (χ3v) is 6.00. The molecule has 0 radical (unpaired) electrons. The average Bonchev–Trinajstić information content (AvgIpc) is 2.77. The molecule has 1 aromatic heterocycles. The van der Waals surface area contributed by atoms with Gasteiger partial charge < -0.3 is 4.84 Å². The third kappa shape index (κ3) is 5.54. The average molecular weight is 453 g/mol. The van der Waals surface area contributed by atoms with Crippen molar-refractivity contribution in [2.24, 2.45) is 5.16 Å². The summed E-state index contributed by atoms with van der Waals surface area (Å²) in [5.41, 5.74) is 4.06. The predicted molar refractivity (Wildman–Crippen MR) is 127 cm³/mol. The molecule has 30 heavy (non-hydrogen) atoms. The summed E-state index contributed by atoms with van der Waals surface area (Å²) in [4.78, 5) is 10.3. The van der Waals surface area contributed by atoms with E-state index in [1.165, 1.54) is 5.56 Å². The fraction of sp³-hybridized carbons (Fsp3) is 0.0833. The van der Waals surface area contributed by atoms with Crippen molar-refractivity contribution in [3.63, 3.8) is 0 Å². The van der Waals surface area contributed by atoms with Crippen molar-refractivity contribution < 1.29 is 4.84 Å². The maximum Gasteiger partial charge on any atom is 0.142 e. The van der Waals surface area contributed by atoms with Gasteiger partial charge in [-0.25, -0.2) is 4.98 Å². The summed E-state index contributed by atoms with van der Waals surface area (Å²) in [6.07, 6.45) is 1.72. The second-order valence-electron chi connectivity index (χ2n) is 6.63. The fourth-order valence-corrected chi connectivity index (χ4v) is 4.03. The maximum atomic E-state index is 5.99. The molecule has 4 aromatic rings. The van der Waals surface area contributed by atoms with Crippen LogP contribution in [0.2, 0.25) is 10.0 Å². The van der Waals surface area contributed by atoms with Gasteiger partial charge in [-0.15, -0.1) is 11.8 Å². The van der Waals surface area contributed by atoms with Crippen molar-refractivity contribution in [1.82, 2.24) is 4.98 Å². The van der Waals surface area contributed by atoms with Crippen LogP contribution in [0, 0.1) is 0 Å². The highest BCUT2D eigenvalue weighted by atomic mass is 35.5. The molecule has 6 heteroatoms. The first-order valence-corrected chi connectivity index (χ1v) is 11.1. The van der Waals surface area contributed by atoms with Crippen LogP contribution in [-0.2, 0) is 17.2 Å². The molecule has 1 heterocycles. The van der Waals surface area contributed by atoms with Gasteiger partial charge in [-0.3, -0.25) is 0 Å². The van der Waals surface area contributed by atoms with E-state index in [0.717, 1.165) is 37.8 Å². The van der Waals surface area contributed by atoms with Crippen LogP contribution >= 0.6 is 35.0 Å². The van der Waals surface area contributed by atoms with Crippen LogP contribution in [0.4, 0.5) is 0 Å².